The van der Waals surface area contributed by atoms with E-state index >= 15 is 0 Å². The van der Waals surface area contributed by atoms with E-state index in [1.165, 1.54) is 6.07 Å². The van der Waals surface area contributed by atoms with E-state index in [9.17, 15) is 8.42 Å². The minimum Gasteiger partial charge on any atom is -0.282 e. The van der Waals surface area contributed by atoms with Crippen molar-refractivity contribution in [1.29, 1.82) is 0 Å². The first-order valence-electron chi connectivity index (χ1n) is 3.46. The number of aryl methyl sites for hydroxylation is 2. The van der Waals surface area contributed by atoms with Gasteiger partial charge < -0.3 is 0 Å². The van der Waals surface area contributed by atoms with Gasteiger partial charge in [0.05, 0.1) is 4.90 Å². The van der Waals surface area contributed by atoms with E-state index in [1.807, 2.05) is 0 Å². The van der Waals surface area contributed by atoms with Gasteiger partial charge in [-0.2, -0.15) is 8.42 Å². The van der Waals surface area contributed by atoms with E-state index in [0.717, 1.165) is 5.56 Å². The molecule has 5 heteroatoms. The Balaban J connectivity index is 0.00000144. The Bertz CT molecular complexity index is 398. The maximum Gasteiger partial charge on any atom is 0.294 e. The van der Waals surface area contributed by atoms with Gasteiger partial charge in [-0.25, -0.2) is 0 Å². The summed E-state index contributed by atoms with van der Waals surface area (Å²) in [5.74, 6) is 0. The largest absolute Gasteiger partial charge is 0.294 e. The van der Waals surface area contributed by atoms with Gasteiger partial charge in [-0.15, -0.1) is 0 Å². The summed E-state index contributed by atoms with van der Waals surface area (Å²) in [6, 6.07) is 4.91. The molecule has 0 heterocycles. The summed E-state index contributed by atoms with van der Waals surface area (Å²) in [6.07, 6.45) is 0. The molecule has 1 aromatic rings. The SMILES string of the molecule is Cc1ccc(C)c(S(=O)(=O)O)c1.[Pb]. The van der Waals surface area contributed by atoms with Crippen LogP contribution in [0.3, 0.4) is 0 Å². The summed E-state index contributed by atoms with van der Waals surface area (Å²) in [4.78, 5) is -0.0116. The van der Waals surface area contributed by atoms with Gasteiger partial charge >= 0.3 is 0 Å². The molecule has 0 aromatic heterocycles. The van der Waals surface area contributed by atoms with Crippen molar-refractivity contribution >= 4 is 37.4 Å². The fourth-order valence-electron chi connectivity index (χ4n) is 0.985. The van der Waals surface area contributed by atoms with Gasteiger partial charge in [0, 0.05) is 27.3 Å². The molecule has 1 N–H and O–H groups in total. The van der Waals surface area contributed by atoms with Crippen molar-refractivity contribution in [2.75, 3.05) is 0 Å². The van der Waals surface area contributed by atoms with Crippen molar-refractivity contribution < 1.29 is 13.0 Å². The maximum absolute atomic E-state index is 10.8. The number of benzene rings is 1. The van der Waals surface area contributed by atoms with E-state index in [4.69, 9.17) is 4.55 Å². The summed E-state index contributed by atoms with van der Waals surface area (Å²) < 4.78 is 30.3. The molecule has 0 spiro atoms. The summed E-state index contributed by atoms with van der Waals surface area (Å²) in [7, 11) is -4.06. The summed E-state index contributed by atoms with van der Waals surface area (Å²) in [5, 5.41) is 0. The average Bonchev–Trinajstić information content (AvgIpc) is 1.92. The van der Waals surface area contributed by atoms with Gasteiger partial charge in [0.25, 0.3) is 10.1 Å². The normalized spacial score (nSPS) is 10.7. The summed E-state index contributed by atoms with van der Waals surface area (Å²) in [5.41, 5.74) is 1.37. The minimum absolute atomic E-state index is 0. The smallest absolute Gasteiger partial charge is 0.282 e. The first-order valence-corrected chi connectivity index (χ1v) is 4.90. The summed E-state index contributed by atoms with van der Waals surface area (Å²) >= 11 is 0. The van der Waals surface area contributed by atoms with E-state index in [2.05, 4.69) is 0 Å². The van der Waals surface area contributed by atoms with Crippen LogP contribution in [-0.4, -0.2) is 40.3 Å². The van der Waals surface area contributed by atoms with Crippen molar-refractivity contribution in [2.45, 2.75) is 18.7 Å². The first kappa shape index (κ1) is 13.1. The van der Waals surface area contributed by atoms with E-state index < -0.39 is 10.1 Å². The molecule has 0 amide bonds. The van der Waals surface area contributed by atoms with Crippen LogP contribution in [0, 0.1) is 13.8 Å². The van der Waals surface area contributed by atoms with Crippen molar-refractivity contribution in [3.8, 4) is 0 Å². The monoisotopic (exact) mass is 394 g/mol. The van der Waals surface area contributed by atoms with Crippen molar-refractivity contribution in [3.63, 3.8) is 0 Å². The standard InChI is InChI=1S/C8H10O3S.Pb/c1-6-3-4-7(2)8(5-6)12(9,10)11;/h3-5H,1-2H3,(H,9,10,11);. The summed E-state index contributed by atoms with van der Waals surface area (Å²) in [6.45, 7) is 3.41. The van der Waals surface area contributed by atoms with Gasteiger partial charge in [-0.1, -0.05) is 12.1 Å². The molecule has 0 aliphatic carbocycles. The van der Waals surface area contributed by atoms with Crippen LogP contribution < -0.4 is 0 Å². The first-order chi connectivity index (χ1) is 5.41. The van der Waals surface area contributed by atoms with Gasteiger partial charge in [-0.3, -0.25) is 4.55 Å². The molecule has 0 fully saturated rings. The van der Waals surface area contributed by atoms with Gasteiger partial charge in [-0.05, 0) is 31.0 Å². The molecule has 0 saturated carbocycles. The van der Waals surface area contributed by atoms with Crippen molar-refractivity contribution in [3.05, 3.63) is 29.3 Å². The van der Waals surface area contributed by atoms with Crippen LogP contribution in [0.1, 0.15) is 11.1 Å². The zero-order valence-electron chi connectivity index (χ0n) is 7.40. The van der Waals surface area contributed by atoms with E-state index in [1.54, 1.807) is 26.0 Å². The Morgan fingerprint density at radius 3 is 2.15 bits per heavy atom. The molecule has 0 aliphatic rings. The van der Waals surface area contributed by atoms with Gasteiger partial charge in [0.15, 0.2) is 0 Å². The molecular formula is C8H10O3PbS. The van der Waals surface area contributed by atoms with Crippen LogP contribution in [-0.2, 0) is 10.1 Å². The molecule has 0 atom stereocenters. The zero-order valence-corrected chi connectivity index (χ0v) is 12.1. The Labute approximate surface area is 98.1 Å². The van der Waals surface area contributed by atoms with Crippen LogP contribution in [0.4, 0.5) is 0 Å². The number of hydrogen-bond donors (Lipinski definition) is 1. The van der Waals surface area contributed by atoms with Crippen LogP contribution >= 0.6 is 0 Å². The van der Waals surface area contributed by atoms with Crippen molar-refractivity contribution in [2.24, 2.45) is 0 Å². The molecule has 4 radical (unpaired) electrons. The molecule has 1 aromatic carbocycles. The Morgan fingerprint density at radius 2 is 1.77 bits per heavy atom. The minimum atomic E-state index is -4.06. The maximum atomic E-state index is 10.8. The molecule has 70 valence electrons. The number of rotatable bonds is 1. The average molecular weight is 393 g/mol. The van der Waals surface area contributed by atoms with Crippen LogP contribution in [0.2, 0.25) is 0 Å². The fraction of sp³-hybridized carbons (Fsp3) is 0.250. The van der Waals surface area contributed by atoms with E-state index in [0.29, 0.717) is 5.56 Å². The molecular weight excluding hydrogens is 383 g/mol. The predicted octanol–water partition coefficient (Wildman–Crippen LogP) is 1.17. The van der Waals surface area contributed by atoms with Gasteiger partial charge in [0.2, 0.25) is 0 Å². The molecule has 3 nitrogen and oxygen atoms in total. The van der Waals surface area contributed by atoms with E-state index in [-0.39, 0.29) is 32.2 Å². The molecule has 0 bridgehead atoms. The van der Waals surface area contributed by atoms with Crippen molar-refractivity contribution in [1.82, 2.24) is 0 Å². The second kappa shape index (κ2) is 4.52. The molecule has 0 aliphatic heterocycles. The fourth-order valence-corrected chi connectivity index (χ4v) is 1.79. The predicted molar refractivity (Wildman–Crippen MR) is 51.5 cm³/mol. The van der Waals surface area contributed by atoms with Crippen LogP contribution in [0.25, 0.3) is 0 Å². The number of hydrogen-bond acceptors (Lipinski definition) is 2. The molecule has 0 unspecified atom stereocenters. The Morgan fingerprint density at radius 1 is 1.23 bits per heavy atom. The third kappa shape index (κ3) is 3.35. The third-order valence-corrected chi connectivity index (χ3v) is 2.62. The van der Waals surface area contributed by atoms with Crippen LogP contribution in [0.5, 0.6) is 0 Å². The zero-order chi connectivity index (χ0) is 9.35. The molecule has 0 saturated heterocycles. The van der Waals surface area contributed by atoms with Crippen LogP contribution in [0.15, 0.2) is 23.1 Å². The quantitative estimate of drug-likeness (QED) is 0.576. The van der Waals surface area contributed by atoms with Gasteiger partial charge in [0.1, 0.15) is 0 Å². The third-order valence-electron chi connectivity index (χ3n) is 1.62. The second-order valence-electron chi connectivity index (χ2n) is 2.74. The Hall–Kier alpha value is 0.0521. The molecule has 1 rings (SSSR count). The molecule has 13 heavy (non-hydrogen) atoms. The second-order valence-corrected chi connectivity index (χ2v) is 4.13. The topological polar surface area (TPSA) is 54.4 Å². The Kier molecular flexibility index (Phi) is 4.54.